The van der Waals surface area contributed by atoms with E-state index in [9.17, 15) is 4.79 Å². The molecule has 0 bridgehead atoms. The van der Waals surface area contributed by atoms with E-state index in [0.29, 0.717) is 6.42 Å². The molecule has 16 heavy (non-hydrogen) atoms. The molecule has 1 aromatic carbocycles. The van der Waals surface area contributed by atoms with Crippen molar-refractivity contribution in [3.63, 3.8) is 0 Å². The number of hydrogen-bond donors (Lipinski definition) is 1. The summed E-state index contributed by atoms with van der Waals surface area (Å²) in [6.45, 7) is 5.55. The number of carboxylic acid groups (broad SMARTS) is 1. The number of carbonyl (C=O) groups is 1. The van der Waals surface area contributed by atoms with Gasteiger partial charge in [0.25, 0.3) is 0 Å². The zero-order valence-corrected chi connectivity index (χ0v) is 9.62. The molecule has 0 radical (unpaired) electrons. The molecule has 0 aromatic heterocycles. The number of aliphatic carboxylic acids is 1. The molecule has 0 spiro atoms. The smallest absolute Gasteiger partial charge is 0.331 e. The molecule has 0 aliphatic rings. The highest BCUT2D eigenvalue weighted by molar-refractivity contribution is 5.86. The second kappa shape index (κ2) is 5.35. The summed E-state index contributed by atoms with van der Waals surface area (Å²) in [5, 5.41) is 8.75. The van der Waals surface area contributed by atoms with E-state index in [1.54, 1.807) is 7.11 Å². The lowest BCUT2D eigenvalue weighted by molar-refractivity contribution is -0.132. The van der Waals surface area contributed by atoms with Crippen molar-refractivity contribution >= 4 is 5.97 Å². The van der Waals surface area contributed by atoms with Gasteiger partial charge in [0.05, 0.1) is 7.11 Å². The first-order chi connectivity index (χ1) is 7.58. The van der Waals surface area contributed by atoms with Crippen LogP contribution in [0, 0.1) is 0 Å². The Morgan fingerprint density at radius 1 is 1.50 bits per heavy atom. The Hall–Kier alpha value is -1.77. The van der Waals surface area contributed by atoms with E-state index in [1.165, 1.54) is 0 Å². The van der Waals surface area contributed by atoms with Crippen molar-refractivity contribution in [1.82, 2.24) is 0 Å². The van der Waals surface area contributed by atoms with Gasteiger partial charge in [-0.25, -0.2) is 4.79 Å². The Balaban J connectivity index is 2.91. The van der Waals surface area contributed by atoms with Gasteiger partial charge in [0.15, 0.2) is 0 Å². The summed E-state index contributed by atoms with van der Waals surface area (Å²) in [7, 11) is 1.63. The van der Waals surface area contributed by atoms with Gasteiger partial charge in [-0.15, -0.1) is 0 Å². The number of aryl methyl sites for hydroxylation is 1. The minimum absolute atomic E-state index is 0.201. The fraction of sp³-hybridized carbons (Fsp3) is 0.308. The lowest BCUT2D eigenvalue weighted by Crippen LogP contribution is -2.02. The average molecular weight is 220 g/mol. The second-order valence-electron chi connectivity index (χ2n) is 3.59. The molecule has 0 atom stereocenters. The minimum Gasteiger partial charge on any atom is -0.496 e. The first-order valence-corrected chi connectivity index (χ1v) is 5.15. The summed E-state index contributed by atoms with van der Waals surface area (Å²) in [6.07, 6.45) is 1.23. The molecule has 1 aromatic rings. The van der Waals surface area contributed by atoms with E-state index < -0.39 is 5.97 Å². The summed E-state index contributed by atoms with van der Waals surface area (Å²) in [5.41, 5.74) is 2.23. The monoisotopic (exact) mass is 220 g/mol. The average Bonchev–Trinajstić information content (AvgIpc) is 2.28. The maximum Gasteiger partial charge on any atom is 0.331 e. The fourth-order valence-electron chi connectivity index (χ4n) is 1.54. The number of carboxylic acids is 1. The molecule has 3 heteroatoms. The van der Waals surface area contributed by atoms with Crippen LogP contribution in [0.4, 0.5) is 0 Å². The predicted molar refractivity (Wildman–Crippen MR) is 62.9 cm³/mol. The molecule has 3 nitrogen and oxygen atoms in total. The highest BCUT2D eigenvalue weighted by Crippen LogP contribution is 2.21. The topological polar surface area (TPSA) is 46.5 Å². The van der Waals surface area contributed by atoms with Crippen LogP contribution in [0.15, 0.2) is 30.4 Å². The third-order valence-corrected chi connectivity index (χ3v) is 2.45. The molecule has 0 fully saturated rings. The van der Waals surface area contributed by atoms with Gasteiger partial charge < -0.3 is 9.84 Å². The lowest BCUT2D eigenvalue weighted by atomic mass is 10.0. The van der Waals surface area contributed by atoms with Crippen LogP contribution >= 0.6 is 0 Å². The summed E-state index contributed by atoms with van der Waals surface area (Å²) in [6, 6.07) is 5.70. The van der Waals surface area contributed by atoms with Gasteiger partial charge in [0, 0.05) is 12.0 Å². The second-order valence-corrected chi connectivity index (χ2v) is 3.59. The van der Waals surface area contributed by atoms with Crippen LogP contribution in [0.1, 0.15) is 18.1 Å². The predicted octanol–water partition coefficient (Wildman–Crippen LogP) is 2.44. The molecule has 0 amide bonds. The van der Waals surface area contributed by atoms with Crippen LogP contribution in [0.3, 0.4) is 0 Å². The molecule has 0 heterocycles. The first-order valence-electron chi connectivity index (χ1n) is 5.15. The van der Waals surface area contributed by atoms with E-state index >= 15 is 0 Å². The summed E-state index contributed by atoms with van der Waals surface area (Å²) in [5.74, 6) is -0.110. The van der Waals surface area contributed by atoms with Crippen LogP contribution in [0.5, 0.6) is 5.75 Å². The molecular weight excluding hydrogens is 204 g/mol. The van der Waals surface area contributed by atoms with Crippen molar-refractivity contribution in [3.05, 3.63) is 41.5 Å². The maximum absolute atomic E-state index is 10.7. The van der Waals surface area contributed by atoms with E-state index in [-0.39, 0.29) is 5.57 Å². The van der Waals surface area contributed by atoms with Crippen LogP contribution < -0.4 is 4.74 Å². The number of ether oxygens (including phenoxy) is 1. The Morgan fingerprint density at radius 3 is 2.69 bits per heavy atom. The van der Waals surface area contributed by atoms with E-state index in [1.807, 2.05) is 25.1 Å². The van der Waals surface area contributed by atoms with Gasteiger partial charge >= 0.3 is 5.97 Å². The lowest BCUT2D eigenvalue weighted by Gasteiger charge is -2.09. The highest BCUT2D eigenvalue weighted by atomic mass is 16.5. The molecular formula is C13H16O3. The maximum atomic E-state index is 10.7. The number of benzene rings is 1. The molecule has 0 unspecified atom stereocenters. The van der Waals surface area contributed by atoms with Crippen molar-refractivity contribution in [2.24, 2.45) is 0 Å². The van der Waals surface area contributed by atoms with Gasteiger partial charge in [-0.3, -0.25) is 0 Å². The van der Waals surface area contributed by atoms with Gasteiger partial charge in [-0.2, -0.15) is 0 Å². The van der Waals surface area contributed by atoms with Crippen LogP contribution in [0.25, 0.3) is 0 Å². The quantitative estimate of drug-likeness (QED) is 0.775. The third kappa shape index (κ3) is 2.86. The van der Waals surface area contributed by atoms with Crippen molar-refractivity contribution < 1.29 is 14.6 Å². The zero-order chi connectivity index (χ0) is 12.1. The minimum atomic E-state index is -0.950. The summed E-state index contributed by atoms with van der Waals surface area (Å²) in [4.78, 5) is 10.7. The molecule has 1 N–H and O–H groups in total. The first kappa shape index (κ1) is 12.3. The van der Waals surface area contributed by atoms with Crippen LogP contribution in [-0.2, 0) is 17.6 Å². The zero-order valence-electron chi connectivity index (χ0n) is 9.62. The number of hydrogen-bond acceptors (Lipinski definition) is 2. The van der Waals surface area contributed by atoms with Gasteiger partial charge in [-0.1, -0.05) is 25.6 Å². The van der Waals surface area contributed by atoms with Gasteiger partial charge in [0.1, 0.15) is 5.75 Å². The van der Waals surface area contributed by atoms with Crippen LogP contribution in [0.2, 0.25) is 0 Å². The van der Waals surface area contributed by atoms with E-state index in [2.05, 4.69) is 6.58 Å². The van der Waals surface area contributed by atoms with Crippen molar-refractivity contribution in [2.75, 3.05) is 7.11 Å². The third-order valence-electron chi connectivity index (χ3n) is 2.45. The van der Waals surface area contributed by atoms with E-state index in [4.69, 9.17) is 9.84 Å². The molecule has 0 saturated carbocycles. The SMILES string of the molecule is C=C(Cc1ccc(OC)c(CC)c1)C(=O)O. The van der Waals surface area contributed by atoms with Crippen molar-refractivity contribution in [2.45, 2.75) is 19.8 Å². The molecule has 1 rings (SSSR count). The Kier molecular flexibility index (Phi) is 4.11. The van der Waals surface area contributed by atoms with Crippen LogP contribution in [-0.4, -0.2) is 18.2 Å². The molecule has 0 aliphatic carbocycles. The van der Waals surface area contributed by atoms with Crippen molar-refractivity contribution in [3.8, 4) is 5.75 Å². The van der Waals surface area contributed by atoms with E-state index in [0.717, 1.165) is 23.3 Å². The molecule has 0 aliphatic heterocycles. The number of rotatable bonds is 5. The normalized spacial score (nSPS) is 9.88. The Morgan fingerprint density at radius 2 is 2.19 bits per heavy atom. The number of methoxy groups -OCH3 is 1. The van der Waals surface area contributed by atoms with Gasteiger partial charge in [0.2, 0.25) is 0 Å². The Bertz CT molecular complexity index is 408. The standard InChI is InChI=1S/C13H16O3/c1-4-11-8-10(5-6-12(11)16-3)7-9(2)13(14)15/h5-6,8H,2,4,7H2,1,3H3,(H,14,15). The summed E-state index contributed by atoms with van der Waals surface area (Å²) < 4.78 is 5.20. The fourth-order valence-corrected chi connectivity index (χ4v) is 1.54. The van der Waals surface area contributed by atoms with Crippen molar-refractivity contribution in [1.29, 1.82) is 0 Å². The molecule has 86 valence electrons. The molecule has 0 saturated heterocycles. The highest BCUT2D eigenvalue weighted by Gasteiger charge is 2.07. The van der Waals surface area contributed by atoms with Gasteiger partial charge in [-0.05, 0) is 23.6 Å². The Labute approximate surface area is 95.4 Å². The summed E-state index contributed by atoms with van der Waals surface area (Å²) >= 11 is 0. The largest absolute Gasteiger partial charge is 0.496 e.